The van der Waals surface area contributed by atoms with Crippen molar-refractivity contribution in [2.75, 3.05) is 45.8 Å². The number of rotatable bonds is 13. The Bertz CT molecular complexity index is 613. The fourth-order valence-corrected chi connectivity index (χ4v) is 3.97. The third-order valence-electron chi connectivity index (χ3n) is 5.36. The van der Waals surface area contributed by atoms with Gasteiger partial charge in [0.25, 0.3) is 0 Å². The lowest BCUT2D eigenvalue weighted by Gasteiger charge is -2.46. The number of aliphatic carboxylic acids is 4. The lowest BCUT2D eigenvalue weighted by atomic mass is 9.96. The third kappa shape index (κ3) is 8.25. The van der Waals surface area contributed by atoms with Gasteiger partial charge in [-0.1, -0.05) is 26.2 Å². The second-order valence-electron chi connectivity index (χ2n) is 7.98. The molecule has 2 atom stereocenters. The number of hydrogen-bond donors (Lipinski definition) is 0. The SMILES string of the molecule is CCCCC[C@H](C(=O)[O-])N1CCN(CC(=O)[O-])CC(C)(N(CC(=O)[O-])CC(=O)[O-])C1. The Labute approximate surface area is 175 Å². The normalized spacial score (nSPS) is 21.8. The van der Waals surface area contributed by atoms with E-state index in [-0.39, 0.29) is 26.2 Å². The molecule has 0 radical (unpaired) electrons. The minimum atomic E-state index is -1.51. The molecule has 0 aromatic rings. The van der Waals surface area contributed by atoms with Crippen LogP contribution in [0.4, 0.5) is 0 Å². The summed E-state index contributed by atoms with van der Waals surface area (Å²) in [5.74, 6) is -5.66. The minimum Gasteiger partial charge on any atom is -0.549 e. The van der Waals surface area contributed by atoms with E-state index in [4.69, 9.17) is 0 Å². The van der Waals surface area contributed by atoms with Crippen molar-refractivity contribution in [1.29, 1.82) is 0 Å². The molecule has 1 aliphatic rings. The van der Waals surface area contributed by atoms with Gasteiger partial charge in [0.15, 0.2) is 0 Å². The Kier molecular flexibility index (Phi) is 10.2. The van der Waals surface area contributed by atoms with Gasteiger partial charge in [0, 0.05) is 57.4 Å². The van der Waals surface area contributed by atoms with Gasteiger partial charge in [0.1, 0.15) is 0 Å². The molecule has 0 aliphatic carbocycles. The molecule has 0 amide bonds. The molecule has 172 valence electrons. The lowest BCUT2D eigenvalue weighted by molar-refractivity contribution is -0.315. The van der Waals surface area contributed by atoms with Crippen molar-refractivity contribution < 1.29 is 39.6 Å². The van der Waals surface area contributed by atoms with E-state index in [0.29, 0.717) is 12.8 Å². The van der Waals surface area contributed by atoms with Crippen molar-refractivity contribution in [3.63, 3.8) is 0 Å². The number of nitrogens with zero attached hydrogens (tertiary/aromatic N) is 3. The molecule has 1 fully saturated rings. The first-order valence-corrected chi connectivity index (χ1v) is 10.0. The van der Waals surface area contributed by atoms with Crippen molar-refractivity contribution in [1.82, 2.24) is 14.7 Å². The molecule has 30 heavy (non-hydrogen) atoms. The number of carboxylic acids is 4. The van der Waals surface area contributed by atoms with Gasteiger partial charge in [-0.15, -0.1) is 0 Å². The van der Waals surface area contributed by atoms with Gasteiger partial charge in [0.05, 0.1) is 23.9 Å². The van der Waals surface area contributed by atoms with Crippen LogP contribution in [0.2, 0.25) is 0 Å². The molecular formula is C19H29N3O8-4. The second kappa shape index (κ2) is 11.8. The Balaban J connectivity index is 3.24. The highest BCUT2D eigenvalue weighted by atomic mass is 16.4. The maximum Gasteiger partial charge on any atom is 0.0586 e. The van der Waals surface area contributed by atoms with E-state index in [1.165, 1.54) is 4.90 Å². The highest BCUT2D eigenvalue weighted by Crippen LogP contribution is 2.24. The molecule has 1 unspecified atom stereocenters. The largest absolute Gasteiger partial charge is 0.549 e. The molecule has 11 heteroatoms. The van der Waals surface area contributed by atoms with Crippen molar-refractivity contribution in [3.8, 4) is 0 Å². The van der Waals surface area contributed by atoms with Crippen LogP contribution in [-0.2, 0) is 19.2 Å². The molecule has 1 aliphatic heterocycles. The first-order chi connectivity index (χ1) is 14.0. The summed E-state index contributed by atoms with van der Waals surface area (Å²) < 4.78 is 0. The molecule has 0 N–H and O–H groups in total. The third-order valence-corrected chi connectivity index (χ3v) is 5.36. The zero-order valence-corrected chi connectivity index (χ0v) is 17.5. The van der Waals surface area contributed by atoms with Gasteiger partial charge in [-0.3, -0.25) is 14.7 Å². The van der Waals surface area contributed by atoms with E-state index >= 15 is 0 Å². The lowest BCUT2D eigenvalue weighted by Crippen LogP contribution is -2.63. The van der Waals surface area contributed by atoms with Gasteiger partial charge < -0.3 is 39.6 Å². The van der Waals surface area contributed by atoms with Crippen LogP contribution in [0.5, 0.6) is 0 Å². The van der Waals surface area contributed by atoms with Crippen LogP contribution in [-0.4, -0.2) is 96.0 Å². The fourth-order valence-electron chi connectivity index (χ4n) is 3.97. The van der Waals surface area contributed by atoms with Crippen molar-refractivity contribution in [3.05, 3.63) is 0 Å². The van der Waals surface area contributed by atoms with Crippen LogP contribution in [0.15, 0.2) is 0 Å². The van der Waals surface area contributed by atoms with E-state index in [0.717, 1.165) is 17.7 Å². The Hall–Kier alpha value is -2.24. The first-order valence-electron chi connectivity index (χ1n) is 10.0. The Morgan fingerprint density at radius 1 is 0.933 bits per heavy atom. The summed E-state index contributed by atoms with van der Waals surface area (Å²) in [4.78, 5) is 49.5. The standard InChI is InChI=1S/C19H33N3O8/c1-3-4-5-6-14(18(29)30)21-8-7-20(9-15(23)24)12-19(2,13-21)22(10-16(25)26)11-17(27)28/h14H,3-13H2,1-2H3,(H,23,24)(H,25,26)(H,27,28)(H,29,30)/p-4/t14-,19?/m1/s1. The summed E-state index contributed by atoms with van der Waals surface area (Å²) in [6.45, 7) is 2.00. The summed E-state index contributed by atoms with van der Waals surface area (Å²) in [7, 11) is 0. The van der Waals surface area contributed by atoms with E-state index in [1.807, 2.05) is 6.92 Å². The highest BCUT2D eigenvalue weighted by Gasteiger charge is 2.39. The van der Waals surface area contributed by atoms with Crippen LogP contribution in [0.3, 0.4) is 0 Å². The number of carboxylic acid groups (broad SMARTS) is 4. The van der Waals surface area contributed by atoms with Crippen LogP contribution in [0, 0.1) is 0 Å². The van der Waals surface area contributed by atoms with E-state index < -0.39 is 55.1 Å². The van der Waals surface area contributed by atoms with Crippen molar-refractivity contribution in [2.45, 2.75) is 51.1 Å². The molecule has 11 nitrogen and oxygen atoms in total. The molecule has 0 spiro atoms. The monoisotopic (exact) mass is 427 g/mol. The van der Waals surface area contributed by atoms with Crippen LogP contribution < -0.4 is 20.4 Å². The van der Waals surface area contributed by atoms with Gasteiger partial charge in [-0.05, 0) is 13.3 Å². The second-order valence-corrected chi connectivity index (χ2v) is 7.98. The maximum atomic E-state index is 11.8. The quantitative estimate of drug-likeness (QED) is 0.257. The number of carbonyl (C=O) groups is 4. The average Bonchev–Trinajstić information content (AvgIpc) is 2.76. The summed E-state index contributed by atoms with van der Waals surface area (Å²) >= 11 is 0. The molecule has 0 aromatic heterocycles. The zero-order valence-electron chi connectivity index (χ0n) is 17.5. The first kappa shape index (κ1) is 25.8. The van der Waals surface area contributed by atoms with Crippen LogP contribution in [0.1, 0.15) is 39.5 Å². The molecule has 0 saturated carbocycles. The predicted octanol–water partition coefficient (Wildman–Crippen LogP) is -5.39. The topological polar surface area (TPSA) is 170 Å². The van der Waals surface area contributed by atoms with Gasteiger partial charge >= 0.3 is 0 Å². The zero-order chi connectivity index (χ0) is 22.9. The van der Waals surface area contributed by atoms with Crippen LogP contribution >= 0.6 is 0 Å². The molecule has 1 rings (SSSR count). The van der Waals surface area contributed by atoms with E-state index in [1.54, 1.807) is 11.8 Å². The molecule has 1 heterocycles. The molecule has 1 saturated heterocycles. The van der Waals surface area contributed by atoms with Gasteiger partial charge in [0.2, 0.25) is 0 Å². The highest BCUT2D eigenvalue weighted by molar-refractivity contribution is 5.72. The number of carbonyl (C=O) groups excluding carboxylic acids is 4. The molecule has 0 bridgehead atoms. The maximum absolute atomic E-state index is 11.8. The molecular weight excluding hydrogens is 398 g/mol. The van der Waals surface area contributed by atoms with Gasteiger partial charge in [-0.2, -0.15) is 0 Å². The summed E-state index contributed by atoms with van der Waals surface area (Å²) in [6.07, 6.45) is 2.68. The Morgan fingerprint density at radius 3 is 2.00 bits per heavy atom. The number of hydrogen-bond acceptors (Lipinski definition) is 11. The smallest absolute Gasteiger partial charge is 0.0586 e. The average molecular weight is 427 g/mol. The van der Waals surface area contributed by atoms with Crippen LogP contribution in [0.25, 0.3) is 0 Å². The minimum absolute atomic E-state index is 0.00186. The Morgan fingerprint density at radius 2 is 1.53 bits per heavy atom. The summed E-state index contributed by atoms with van der Waals surface area (Å²) in [6, 6.07) is -0.966. The number of unbranched alkanes of at least 4 members (excludes halogenated alkanes) is 2. The molecule has 0 aromatic carbocycles. The van der Waals surface area contributed by atoms with Crippen molar-refractivity contribution in [2.24, 2.45) is 0 Å². The van der Waals surface area contributed by atoms with Gasteiger partial charge in [-0.25, -0.2) is 0 Å². The summed E-state index contributed by atoms with van der Waals surface area (Å²) in [5.41, 5.74) is -1.20. The van der Waals surface area contributed by atoms with E-state index in [9.17, 15) is 39.6 Å². The van der Waals surface area contributed by atoms with E-state index in [2.05, 4.69) is 0 Å². The predicted molar refractivity (Wildman–Crippen MR) is 95.9 cm³/mol. The van der Waals surface area contributed by atoms with Crippen molar-refractivity contribution >= 4 is 23.9 Å². The summed E-state index contributed by atoms with van der Waals surface area (Å²) in [5, 5.41) is 45.4. The fraction of sp³-hybridized carbons (Fsp3) is 0.789.